The summed E-state index contributed by atoms with van der Waals surface area (Å²) in [6, 6.07) is 10.8. The number of ether oxygens (including phenoxy) is 2. The van der Waals surface area contributed by atoms with E-state index in [-0.39, 0.29) is 5.41 Å². The molecule has 0 spiro atoms. The summed E-state index contributed by atoms with van der Waals surface area (Å²) in [4.78, 5) is 13.0. The van der Waals surface area contributed by atoms with Crippen LogP contribution in [0.15, 0.2) is 35.5 Å². The van der Waals surface area contributed by atoms with Gasteiger partial charge in [0.25, 0.3) is 0 Å². The van der Waals surface area contributed by atoms with E-state index in [2.05, 4.69) is 59.9 Å². The summed E-state index contributed by atoms with van der Waals surface area (Å²) in [6.07, 6.45) is 1.14. The molecule has 1 saturated heterocycles. The number of quaternary nitrogens is 1. The summed E-state index contributed by atoms with van der Waals surface area (Å²) in [7, 11) is 3.22. The van der Waals surface area contributed by atoms with Crippen molar-refractivity contribution in [1.82, 2.24) is 9.97 Å². The molecule has 0 atom stereocenters. The number of hydrogen-bond acceptors (Lipinski definition) is 6. The Morgan fingerprint density at radius 2 is 1.70 bits per heavy atom. The van der Waals surface area contributed by atoms with Crippen molar-refractivity contribution in [2.75, 3.05) is 57.6 Å². The third-order valence-electron chi connectivity index (χ3n) is 5.53. The number of hydrogen-bond donors (Lipinski definition) is 1. The van der Waals surface area contributed by atoms with Crippen LogP contribution >= 0.6 is 11.8 Å². The smallest absolute Gasteiger partial charge is 0.220 e. The Kier molecular flexibility index (Phi) is 7.83. The van der Waals surface area contributed by atoms with E-state index in [9.17, 15) is 0 Å². The second-order valence-electron chi connectivity index (χ2n) is 8.72. The Labute approximate surface area is 185 Å². The molecule has 0 bridgehead atoms. The average Bonchev–Trinajstić information content (AvgIpc) is 2.76. The molecule has 0 aliphatic carbocycles. The minimum Gasteiger partial charge on any atom is -0.481 e. The summed E-state index contributed by atoms with van der Waals surface area (Å²) in [5.74, 6) is 2.08. The molecule has 0 amide bonds. The summed E-state index contributed by atoms with van der Waals surface area (Å²) in [5.41, 5.74) is 2.96. The van der Waals surface area contributed by atoms with E-state index in [0.717, 1.165) is 25.3 Å². The van der Waals surface area contributed by atoms with Gasteiger partial charge in [0.1, 0.15) is 0 Å². The van der Waals surface area contributed by atoms with E-state index in [0.29, 0.717) is 16.9 Å². The van der Waals surface area contributed by atoms with Gasteiger partial charge >= 0.3 is 0 Å². The molecule has 0 radical (unpaired) electrons. The van der Waals surface area contributed by atoms with Crippen molar-refractivity contribution in [3.8, 4) is 11.8 Å². The van der Waals surface area contributed by atoms with Crippen molar-refractivity contribution < 1.29 is 14.4 Å². The van der Waals surface area contributed by atoms with Crippen molar-refractivity contribution in [1.29, 1.82) is 0 Å². The van der Waals surface area contributed by atoms with Crippen LogP contribution in [0.2, 0.25) is 0 Å². The molecule has 30 heavy (non-hydrogen) atoms. The lowest BCUT2D eigenvalue weighted by molar-refractivity contribution is -0.900. The van der Waals surface area contributed by atoms with Crippen LogP contribution in [-0.2, 0) is 5.41 Å². The molecule has 1 aliphatic heterocycles. The highest BCUT2D eigenvalue weighted by Gasteiger charge is 2.21. The molecular weight excluding hydrogens is 396 g/mol. The van der Waals surface area contributed by atoms with Crippen LogP contribution in [-0.4, -0.2) is 62.7 Å². The Hall–Kier alpha value is -1.99. The molecule has 2 heterocycles. The maximum atomic E-state index is 5.22. The zero-order valence-corrected chi connectivity index (χ0v) is 19.7. The molecule has 1 N–H and O–H groups in total. The fourth-order valence-electron chi connectivity index (χ4n) is 3.64. The first kappa shape index (κ1) is 22.7. The van der Waals surface area contributed by atoms with Crippen LogP contribution in [0.25, 0.3) is 0 Å². The van der Waals surface area contributed by atoms with Gasteiger partial charge in [-0.15, -0.1) is 0 Å². The number of thioether (sulfide) groups is 1. The number of aromatic nitrogens is 2. The minimum atomic E-state index is 0.192. The Morgan fingerprint density at radius 1 is 1.03 bits per heavy atom. The lowest BCUT2D eigenvalue weighted by Crippen LogP contribution is -3.14. The standard InChI is InChI=1S/C23H34N4O2S/c1-23(2,3)18-8-6-9-19(16-18)27-13-11-26(12-14-27)10-7-15-30-22-24-20(28-4)17-21(25-22)29-5/h6,8-9,16-17H,7,10-15H2,1-5H3/p+1. The Balaban J connectivity index is 1.43. The van der Waals surface area contributed by atoms with E-state index in [1.807, 2.05) is 0 Å². The second-order valence-corrected chi connectivity index (χ2v) is 9.79. The predicted molar refractivity (Wildman–Crippen MR) is 123 cm³/mol. The van der Waals surface area contributed by atoms with Crippen LogP contribution in [0.3, 0.4) is 0 Å². The number of anilines is 1. The number of nitrogens with one attached hydrogen (secondary N) is 1. The molecule has 7 heteroatoms. The summed E-state index contributed by atoms with van der Waals surface area (Å²) < 4.78 is 10.4. The van der Waals surface area contributed by atoms with E-state index >= 15 is 0 Å². The molecule has 2 aromatic rings. The highest BCUT2D eigenvalue weighted by molar-refractivity contribution is 7.99. The summed E-state index contributed by atoms with van der Waals surface area (Å²) in [6.45, 7) is 12.6. The van der Waals surface area contributed by atoms with Crippen molar-refractivity contribution in [2.24, 2.45) is 0 Å². The van der Waals surface area contributed by atoms with Crippen molar-refractivity contribution in [2.45, 2.75) is 37.8 Å². The van der Waals surface area contributed by atoms with E-state index in [4.69, 9.17) is 9.47 Å². The molecule has 0 saturated carbocycles. The molecule has 3 rings (SSSR count). The van der Waals surface area contributed by atoms with Gasteiger partial charge in [-0.2, -0.15) is 9.97 Å². The molecule has 1 fully saturated rings. The normalized spacial score (nSPS) is 15.3. The van der Waals surface area contributed by atoms with Crippen LogP contribution in [0, 0.1) is 0 Å². The van der Waals surface area contributed by atoms with Gasteiger partial charge in [-0.1, -0.05) is 44.7 Å². The SMILES string of the molecule is COc1cc(OC)nc(SCCC[NH+]2CCN(c3cccc(C(C)(C)C)c3)CC2)n1. The van der Waals surface area contributed by atoms with Gasteiger partial charge in [0, 0.05) is 17.9 Å². The Morgan fingerprint density at radius 3 is 2.30 bits per heavy atom. The van der Waals surface area contributed by atoms with Gasteiger partial charge < -0.3 is 19.3 Å². The third-order valence-corrected chi connectivity index (χ3v) is 6.46. The number of piperazine rings is 1. The molecule has 1 aliphatic rings. The number of nitrogens with zero attached hydrogens (tertiary/aromatic N) is 3. The Bertz CT molecular complexity index is 795. The van der Waals surface area contributed by atoms with E-state index < -0.39 is 0 Å². The lowest BCUT2D eigenvalue weighted by Gasteiger charge is -2.34. The van der Waals surface area contributed by atoms with Crippen molar-refractivity contribution >= 4 is 17.4 Å². The molecule has 0 unspecified atom stereocenters. The molecule has 6 nitrogen and oxygen atoms in total. The summed E-state index contributed by atoms with van der Waals surface area (Å²) >= 11 is 1.66. The van der Waals surface area contributed by atoms with Crippen LogP contribution in [0.1, 0.15) is 32.8 Å². The number of benzene rings is 1. The highest BCUT2D eigenvalue weighted by Crippen LogP contribution is 2.26. The first-order valence-corrected chi connectivity index (χ1v) is 11.7. The predicted octanol–water partition coefficient (Wildman–Crippen LogP) is 2.68. The zero-order chi connectivity index (χ0) is 21.6. The first-order valence-electron chi connectivity index (χ1n) is 10.7. The largest absolute Gasteiger partial charge is 0.481 e. The minimum absolute atomic E-state index is 0.192. The first-order chi connectivity index (χ1) is 14.4. The van der Waals surface area contributed by atoms with Crippen LogP contribution in [0.5, 0.6) is 11.8 Å². The van der Waals surface area contributed by atoms with Crippen LogP contribution < -0.4 is 19.3 Å². The topological polar surface area (TPSA) is 51.9 Å². The number of methoxy groups -OCH3 is 2. The molecule has 1 aromatic carbocycles. The fourth-order valence-corrected chi connectivity index (χ4v) is 4.42. The van der Waals surface area contributed by atoms with Gasteiger partial charge in [-0.3, -0.25) is 0 Å². The summed E-state index contributed by atoms with van der Waals surface area (Å²) in [5, 5.41) is 0.713. The van der Waals surface area contributed by atoms with Gasteiger partial charge in [-0.05, 0) is 23.1 Å². The van der Waals surface area contributed by atoms with Gasteiger partial charge in [0.05, 0.1) is 53.0 Å². The third kappa shape index (κ3) is 6.25. The molecule has 164 valence electrons. The van der Waals surface area contributed by atoms with Crippen LogP contribution in [0.4, 0.5) is 5.69 Å². The quantitative estimate of drug-likeness (QED) is 0.394. The molecule has 1 aromatic heterocycles. The monoisotopic (exact) mass is 431 g/mol. The second kappa shape index (κ2) is 10.4. The highest BCUT2D eigenvalue weighted by atomic mass is 32.2. The van der Waals surface area contributed by atoms with E-state index in [1.54, 1.807) is 36.9 Å². The zero-order valence-electron chi connectivity index (χ0n) is 18.9. The lowest BCUT2D eigenvalue weighted by atomic mass is 9.87. The average molecular weight is 432 g/mol. The molecular formula is C23H35N4O2S+. The van der Waals surface area contributed by atoms with Gasteiger partial charge in [0.2, 0.25) is 11.8 Å². The number of rotatable bonds is 8. The van der Waals surface area contributed by atoms with Crippen molar-refractivity contribution in [3.05, 3.63) is 35.9 Å². The maximum absolute atomic E-state index is 5.22. The van der Waals surface area contributed by atoms with Crippen molar-refractivity contribution in [3.63, 3.8) is 0 Å². The van der Waals surface area contributed by atoms with Gasteiger partial charge in [-0.25, -0.2) is 0 Å². The van der Waals surface area contributed by atoms with E-state index in [1.165, 1.54) is 30.9 Å². The van der Waals surface area contributed by atoms with Gasteiger partial charge in [0.15, 0.2) is 5.16 Å². The fraction of sp³-hybridized carbons (Fsp3) is 0.565. The maximum Gasteiger partial charge on any atom is 0.220 e.